The lowest BCUT2D eigenvalue weighted by atomic mass is 9.86. The first-order valence-corrected chi connectivity index (χ1v) is 15.7. The quantitative estimate of drug-likeness (QED) is 0.193. The van der Waals surface area contributed by atoms with Crippen molar-refractivity contribution in [3.8, 4) is 33.6 Å². The molecule has 0 aliphatic heterocycles. The fourth-order valence-corrected chi connectivity index (χ4v) is 7.38. The lowest BCUT2D eigenvalue weighted by Crippen LogP contribution is -1.90. The highest BCUT2D eigenvalue weighted by Crippen LogP contribution is 2.47. The largest absolute Gasteiger partial charge is 0.456 e. The van der Waals surface area contributed by atoms with Crippen LogP contribution < -0.4 is 0 Å². The van der Waals surface area contributed by atoms with Crippen LogP contribution in [0.15, 0.2) is 167 Å². The third-order valence-corrected chi connectivity index (χ3v) is 9.43. The molecule has 0 spiro atoms. The summed E-state index contributed by atoms with van der Waals surface area (Å²) in [7, 11) is 0. The Balaban J connectivity index is 1.27. The predicted octanol–water partition coefficient (Wildman–Crippen LogP) is 12.8. The maximum atomic E-state index is 6.60. The van der Waals surface area contributed by atoms with E-state index < -0.39 is 0 Å². The summed E-state index contributed by atoms with van der Waals surface area (Å²) in [6.45, 7) is 0. The normalized spacial score (nSPS) is 11.9. The van der Waals surface area contributed by atoms with Crippen molar-refractivity contribution < 1.29 is 8.83 Å². The molecule has 2 nitrogen and oxygen atoms in total. The van der Waals surface area contributed by atoms with Crippen molar-refractivity contribution in [3.05, 3.63) is 158 Å². The standard InChI is InChI=1S/C44H26O2/c1-2-11-27(12-3-1)28-21-22-29-24-37-40(26-31(29)23-28)46-39-20-10-18-36(44(37)39)42-32-14-5-7-16-34(32)43(35-17-8-6-15-33(35)42)41-25-30-13-4-9-19-38(30)45-41/h1-26H. The summed E-state index contributed by atoms with van der Waals surface area (Å²) in [5, 5.41) is 10.4. The minimum Gasteiger partial charge on any atom is -0.456 e. The molecule has 10 rings (SSSR count). The summed E-state index contributed by atoms with van der Waals surface area (Å²) in [6, 6.07) is 56.0. The Kier molecular flexibility index (Phi) is 5.31. The van der Waals surface area contributed by atoms with Gasteiger partial charge in [-0.15, -0.1) is 0 Å². The second kappa shape index (κ2) is 9.69. The number of fused-ring (bicyclic) bond motifs is 7. The molecule has 0 radical (unpaired) electrons. The summed E-state index contributed by atoms with van der Waals surface area (Å²) in [5.74, 6) is 0.883. The first kappa shape index (κ1) is 25.2. The van der Waals surface area contributed by atoms with E-state index in [2.05, 4.69) is 146 Å². The van der Waals surface area contributed by atoms with Gasteiger partial charge in [0.2, 0.25) is 0 Å². The second-order valence-corrected chi connectivity index (χ2v) is 12.0. The molecule has 0 saturated carbocycles. The van der Waals surface area contributed by atoms with Crippen molar-refractivity contribution in [2.75, 3.05) is 0 Å². The molecule has 2 heteroatoms. The van der Waals surface area contributed by atoms with Gasteiger partial charge < -0.3 is 8.83 Å². The van der Waals surface area contributed by atoms with E-state index >= 15 is 0 Å². The van der Waals surface area contributed by atoms with Crippen LogP contribution in [0, 0.1) is 0 Å². The van der Waals surface area contributed by atoms with Gasteiger partial charge in [-0.05, 0) is 91.0 Å². The molecule has 0 unspecified atom stereocenters. The molecule has 10 aromatic rings. The zero-order chi connectivity index (χ0) is 30.2. The number of rotatable bonds is 3. The minimum absolute atomic E-state index is 0.883. The van der Waals surface area contributed by atoms with Gasteiger partial charge in [0.25, 0.3) is 0 Å². The van der Waals surface area contributed by atoms with Gasteiger partial charge in [-0.25, -0.2) is 0 Å². The first-order valence-electron chi connectivity index (χ1n) is 15.7. The van der Waals surface area contributed by atoms with E-state index in [1.54, 1.807) is 0 Å². The van der Waals surface area contributed by atoms with Crippen molar-refractivity contribution >= 4 is 65.2 Å². The lowest BCUT2D eigenvalue weighted by molar-refractivity contribution is 0.633. The number of furan rings is 2. The fourth-order valence-electron chi connectivity index (χ4n) is 7.38. The monoisotopic (exact) mass is 586 g/mol. The van der Waals surface area contributed by atoms with Crippen molar-refractivity contribution in [2.45, 2.75) is 0 Å². The number of hydrogen-bond acceptors (Lipinski definition) is 2. The van der Waals surface area contributed by atoms with Crippen molar-refractivity contribution in [3.63, 3.8) is 0 Å². The molecule has 0 aliphatic carbocycles. The lowest BCUT2D eigenvalue weighted by Gasteiger charge is -2.17. The Morgan fingerprint density at radius 2 is 1.00 bits per heavy atom. The first-order chi connectivity index (χ1) is 22.8. The summed E-state index contributed by atoms with van der Waals surface area (Å²) < 4.78 is 13.1. The van der Waals surface area contributed by atoms with E-state index in [1.165, 1.54) is 54.6 Å². The van der Waals surface area contributed by atoms with E-state index in [0.29, 0.717) is 0 Å². The molecule has 8 aromatic carbocycles. The van der Waals surface area contributed by atoms with Gasteiger partial charge in [-0.2, -0.15) is 0 Å². The molecule has 0 amide bonds. The predicted molar refractivity (Wildman–Crippen MR) is 192 cm³/mol. The summed E-state index contributed by atoms with van der Waals surface area (Å²) in [6.07, 6.45) is 0. The average molecular weight is 587 g/mol. The Labute approximate surface area is 264 Å². The van der Waals surface area contributed by atoms with Crippen molar-refractivity contribution in [2.24, 2.45) is 0 Å². The maximum absolute atomic E-state index is 6.60. The summed E-state index contributed by atoms with van der Waals surface area (Å²) in [5.41, 5.74) is 8.59. The zero-order valence-corrected chi connectivity index (χ0v) is 24.8. The van der Waals surface area contributed by atoms with Crippen LogP contribution in [0.4, 0.5) is 0 Å². The molecule has 0 N–H and O–H groups in total. The van der Waals surface area contributed by atoms with Crippen molar-refractivity contribution in [1.29, 1.82) is 0 Å². The van der Waals surface area contributed by atoms with Crippen LogP contribution in [0.25, 0.3) is 98.8 Å². The van der Waals surface area contributed by atoms with Gasteiger partial charge in [-0.3, -0.25) is 0 Å². The molecular formula is C44H26O2. The molecule has 0 aliphatic rings. The van der Waals surface area contributed by atoms with E-state index in [4.69, 9.17) is 8.83 Å². The average Bonchev–Trinajstić information content (AvgIpc) is 3.71. The Morgan fingerprint density at radius 1 is 0.326 bits per heavy atom. The van der Waals surface area contributed by atoms with E-state index in [1.807, 2.05) is 12.1 Å². The van der Waals surface area contributed by atoms with Crippen LogP contribution in [-0.2, 0) is 0 Å². The van der Waals surface area contributed by atoms with Crippen LogP contribution >= 0.6 is 0 Å². The van der Waals surface area contributed by atoms with Gasteiger partial charge in [0.05, 0.1) is 0 Å². The van der Waals surface area contributed by atoms with Crippen LogP contribution in [0.3, 0.4) is 0 Å². The number of benzene rings is 8. The van der Waals surface area contributed by atoms with Gasteiger partial charge in [0.15, 0.2) is 0 Å². The van der Waals surface area contributed by atoms with Crippen LogP contribution in [-0.4, -0.2) is 0 Å². The summed E-state index contributed by atoms with van der Waals surface area (Å²) in [4.78, 5) is 0. The molecule has 2 heterocycles. The van der Waals surface area contributed by atoms with Crippen molar-refractivity contribution in [1.82, 2.24) is 0 Å². The third-order valence-electron chi connectivity index (χ3n) is 9.43. The highest BCUT2D eigenvalue weighted by Gasteiger charge is 2.21. The van der Waals surface area contributed by atoms with E-state index in [0.717, 1.165) is 44.2 Å². The molecule has 2 aromatic heterocycles. The molecule has 214 valence electrons. The SMILES string of the molecule is c1ccc(-c2ccc3cc4c(cc3c2)oc2cccc(-c3c5ccccc5c(-c5cc6ccccc6o5)c5ccccc35)c24)cc1. The number of para-hydroxylation sites is 1. The Bertz CT molecular complexity index is 2710. The Morgan fingerprint density at radius 3 is 1.76 bits per heavy atom. The number of hydrogen-bond donors (Lipinski definition) is 0. The molecule has 0 saturated heterocycles. The molecular weight excluding hydrogens is 560 g/mol. The van der Waals surface area contributed by atoms with Crippen LogP contribution in [0.1, 0.15) is 0 Å². The maximum Gasteiger partial charge on any atom is 0.136 e. The van der Waals surface area contributed by atoms with Crippen LogP contribution in [0.5, 0.6) is 0 Å². The molecule has 46 heavy (non-hydrogen) atoms. The molecule has 0 fully saturated rings. The van der Waals surface area contributed by atoms with Gasteiger partial charge in [0.1, 0.15) is 22.5 Å². The highest BCUT2D eigenvalue weighted by atomic mass is 16.3. The minimum atomic E-state index is 0.883. The smallest absolute Gasteiger partial charge is 0.136 e. The molecule has 0 atom stereocenters. The molecule has 0 bridgehead atoms. The van der Waals surface area contributed by atoms with E-state index in [-0.39, 0.29) is 0 Å². The van der Waals surface area contributed by atoms with E-state index in [9.17, 15) is 0 Å². The summed E-state index contributed by atoms with van der Waals surface area (Å²) >= 11 is 0. The highest BCUT2D eigenvalue weighted by molar-refractivity contribution is 6.26. The topological polar surface area (TPSA) is 26.3 Å². The van der Waals surface area contributed by atoms with Gasteiger partial charge in [-0.1, -0.05) is 121 Å². The second-order valence-electron chi connectivity index (χ2n) is 12.0. The van der Waals surface area contributed by atoms with Crippen LogP contribution in [0.2, 0.25) is 0 Å². The fraction of sp³-hybridized carbons (Fsp3) is 0. The zero-order valence-electron chi connectivity index (χ0n) is 24.8. The van der Waals surface area contributed by atoms with Gasteiger partial charge >= 0.3 is 0 Å². The van der Waals surface area contributed by atoms with Gasteiger partial charge in [0, 0.05) is 21.7 Å². The Hall–Kier alpha value is -6.12. The third kappa shape index (κ3) is 3.71.